The van der Waals surface area contributed by atoms with Gasteiger partial charge in [-0.1, -0.05) is 17.7 Å². The van der Waals surface area contributed by atoms with Crippen LogP contribution in [-0.4, -0.2) is 32.5 Å². The van der Waals surface area contributed by atoms with Crippen LogP contribution in [0.15, 0.2) is 29.2 Å². The molecule has 0 saturated carbocycles. The number of ether oxygens (including phenoxy) is 2. The maximum atomic E-state index is 5.74. The summed E-state index contributed by atoms with van der Waals surface area (Å²) in [5.41, 5.74) is 1.25. The number of hydrogen-bond donors (Lipinski definition) is 0. The van der Waals surface area contributed by atoms with Crippen LogP contribution in [0.1, 0.15) is 19.4 Å². The fraction of sp³-hybridized carbons (Fsp3) is 0.571. The molecule has 0 spiro atoms. The molecule has 0 N–H and O–H groups in total. The monoisotopic (exact) mass is 270 g/mol. The highest BCUT2D eigenvalue weighted by Crippen LogP contribution is 2.21. The molecular formula is C14H22O3S. The smallest absolute Gasteiger partial charge is 0.119 e. The Morgan fingerprint density at radius 2 is 1.56 bits per heavy atom. The van der Waals surface area contributed by atoms with Gasteiger partial charge in [0, 0.05) is 30.2 Å². The molecule has 0 unspecified atom stereocenters. The molecule has 0 aliphatic rings. The van der Waals surface area contributed by atoms with Crippen molar-refractivity contribution in [1.82, 2.24) is 0 Å². The second-order valence-corrected chi connectivity index (χ2v) is 4.76. The van der Waals surface area contributed by atoms with E-state index in [9.17, 15) is 0 Å². The molecule has 102 valence electrons. The molecule has 1 aromatic rings. The van der Waals surface area contributed by atoms with Gasteiger partial charge in [0.05, 0.1) is 13.2 Å². The maximum Gasteiger partial charge on any atom is 0.119 e. The molecule has 1 aromatic carbocycles. The summed E-state index contributed by atoms with van der Waals surface area (Å²) in [6.45, 7) is 8.55. The first-order valence-electron chi connectivity index (χ1n) is 6.31. The topological polar surface area (TPSA) is 27.7 Å². The van der Waals surface area contributed by atoms with Crippen molar-refractivity contribution in [3.8, 4) is 0 Å². The first kappa shape index (κ1) is 15.5. The van der Waals surface area contributed by atoms with Crippen LogP contribution in [0.5, 0.6) is 0 Å². The van der Waals surface area contributed by atoms with Gasteiger partial charge in [0.25, 0.3) is 0 Å². The predicted octanol–water partition coefficient (Wildman–Crippen LogP) is 3.46. The number of rotatable bonds is 9. The van der Waals surface area contributed by atoms with E-state index in [0.717, 1.165) is 4.90 Å². The fourth-order valence-electron chi connectivity index (χ4n) is 1.32. The molecule has 0 heterocycles. The SMILES string of the molecule is CCOCC(COCC)OSc1ccc(C)cc1. The van der Waals surface area contributed by atoms with Crippen LogP contribution in [0, 0.1) is 6.92 Å². The van der Waals surface area contributed by atoms with Crippen LogP contribution < -0.4 is 0 Å². The normalized spacial score (nSPS) is 11.1. The van der Waals surface area contributed by atoms with E-state index in [1.807, 2.05) is 13.8 Å². The van der Waals surface area contributed by atoms with Crippen LogP contribution in [0.3, 0.4) is 0 Å². The molecule has 4 heteroatoms. The van der Waals surface area contributed by atoms with E-state index in [-0.39, 0.29) is 6.10 Å². The first-order chi connectivity index (χ1) is 8.76. The lowest BCUT2D eigenvalue weighted by Gasteiger charge is -2.16. The van der Waals surface area contributed by atoms with Gasteiger partial charge in [0.2, 0.25) is 0 Å². The number of aryl methyl sites for hydroxylation is 1. The van der Waals surface area contributed by atoms with Crippen LogP contribution in [-0.2, 0) is 13.7 Å². The summed E-state index contributed by atoms with van der Waals surface area (Å²) in [7, 11) is 0. The quantitative estimate of drug-likeness (QED) is 0.642. The van der Waals surface area contributed by atoms with Crippen molar-refractivity contribution in [3.05, 3.63) is 29.8 Å². The van der Waals surface area contributed by atoms with Gasteiger partial charge in [-0.3, -0.25) is 0 Å². The van der Waals surface area contributed by atoms with Gasteiger partial charge in [-0.05, 0) is 32.9 Å². The van der Waals surface area contributed by atoms with E-state index < -0.39 is 0 Å². The third-order valence-electron chi connectivity index (χ3n) is 2.32. The molecule has 0 amide bonds. The Bertz CT molecular complexity index is 305. The summed E-state index contributed by atoms with van der Waals surface area (Å²) < 4.78 is 16.5. The van der Waals surface area contributed by atoms with E-state index >= 15 is 0 Å². The van der Waals surface area contributed by atoms with Gasteiger partial charge < -0.3 is 13.7 Å². The zero-order valence-electron chi connectivity index (χ0n) is 11.3. The van der Waals surface area contributed by atoms with E-state index in [4.69, 9.17) is 13.7 Å². The highest BCUT2D eigenvalue weighted by atomic mass is 32.2. The molecule has 0 aliphatic heterocycles. The molecule has 0 bridgehead atoms. The highest BCUT2D eigenvalue weighted by Gasteiger charge is 2.10. The minimum Gasteiger partial charge on any atom is -0.379 e. The minimum atomic E-state index is -0.0313. The zero-order valence-corrected chi connectivity index (χ0v) is 12.2. The van der Waals surface area contributed by atoms with Gasteiger partial charge >= 0.3 is 0 Å². The zero-order chi connectivity index (χ0) is 13.2. The lowest BCUT2D eigenvalue weighted by molar-refractivity contribution is 0.00869. The van der Waals surface area contributed by atoms with Crippen molar-refractivity contribution in [2.75, 3.05) is 26.4 Å². The molecule has 0 fully saturated rings. The van der Waals surface area contributed by atoms with E-state index in [1.165, 1.54) is 17.6 Å². The maximum absolute atomic E-state index is 5.74. The summed E-state index contributed by atoms with van der Waals surface area (Å²) in [4.78, 5) is 1.10. The third-order valence-corrected chi connectivity index (χ3v) is 3.15. The van der Waals surface area contributed by atoms with Gasteiger partial charge in [0.1, 0.15) is 6.10 Å². The average molecular weight is 270 g/mol. The Hall–Kier alpha value is -0.550. The molecule has 0 aromatic heterocycles. The third kappa shape index (κ3) is 6.40. The second kappa shape index (κ2) is 9.39. The minimum absolute atomic E-state index is 0.0313. The standard InChI is InChI=1S/C14H22O3S/c1-4-15-10-13(11-16-5-2)17-18-14-8-6-12(3)7-9-14/h6-9,13H,4-5,10-11H2,1-3H3. The van der Waals surface area contributed by atoms with Crippen molar-refractivity contribution >= 4 is 12.0 Å². The lowest BCUT2D eigenvalue weighted by Crippen LogP contribution is -2.23. The lowest BCUT2D eigenvalue weighted by atomic mass is 10.2. The van der Waals surface area contributed by atoms with Gasteiger partial charge in [-0.25, -0.2) is 0 Å². The Morgan fingerprint density at radius 3 is 2.06 bits per heavy atom. The van der Waals surface area contributed by atoms with Gasteiger partial charge in [-0.2, -0.15) is 0 Å². The van der Waals surface area contributed by atoms with E-state index in [0.29, 0.717) is 26.4 Å². The molecule has 1 rings (SSSR count). The fourth-order valence-corrected chi connectivity index (χ4v) is 1.93. The molecular weight excluding hydrogens is 248 g/mol. The first-order valence-corrected chi connectivity index (χ1v) is 7.05. The molecule has 18 heavy (non-hydrogen) atoms. The highest BCUT2D eigenvalue weighted by molar-refractivity contribution is 7.94. The van der Waals surface area contributed by atoms with Crippen LogP contribution in [0.4, 0.5) is 0 Å². The molecule has 0 saturated heterocycles. The largest absolute Gasteiger partial charge is 0.379 e. The van der Waals surface area contributed by atoms with Crippen molar-refractivity contribution in [1.29, 1.82) is 0 Å². The van der Waals surface area contributed by atoms with Crippen molar-refractivity contribution < 1.29 is 13.7 Å². The Balaban J connectivity index is 2.37. The number of hydrogen-bond acceptors (Lipinski definition) is 4. The van der Waals surface area contributed by atoms with E-state index in [2.05, 4.69) is 31.2 Å². The van der Waals surface area contributed by atoms with Crippen LogP contribution in [0.2, 0.25) is 0 Å². The Morgan fingerprint density at radius 1 is 1.00 bits per heavy atom. The van der Waals surface area contributed by atoms with Crippen LogP contribution in [0.25, 0.3) is 0 Å². The van der Waals surface area contributed by atoms with Crippen molar-refractivity contribution in [2.45, 2.75) is 31.8 Å². The van der Waals surface area contributed by atoms with Crippen molar-refractivity contribution in [3.63, 3.8) is 0 Å². The summed E-state index contributed by atoms with van der Waals surface area (Å²) in [5, 5.41) is 0. The molecule has 0 aliphatic carbocycles. The second-order valence-electron chi connectivity index (χ2n) is 3.93. The molecule has 0 radical (unpaired) electrons. The summed E-state index contributed by atoms with van der Waals surface area (Å²) in [6, 6.07) is 8.26. The summed E-state index contributed by atoms with van der Waals surface area (Å²) in [6.07, 6.45) is -0.0313. The Kier molecular flexibility index (Phi) is 8.09. The predicted molar refractivity (Wildman–Crippen MR) is 74.9 cm³/mol. The van der Waals surface area contributed by atoms with E-state index in [1.54, 1.807) is 0 Å². The summed E-state index contributed by atoms with van der Waals surface area (Å²) >= 11 is 1.38. The average Bonchev–Trinajstić information content (AvgIpc) is 2.40. The molecule has 3 nitrogen and oxygen atoms in total. The van der Waals surface area contributed by atoms with Crippen LogP contribution >= 0.6 is 12.0 Å². The van der Waals surface area contributed by atoms with Gasteiger partial charge in [0.15, 0.2) is 0 Å². The number of benzene rings is 1. The van der Waals surface area contributed by atoms with Gasteiger partial charge in [-0.15, -0.1) is 0 Å². The Labute approximate surface area is 114 Å². The summed E-state index contributed by atoms with van der Waals surface area (Å²) in [5.74, 6) is 0. The molecule has 0 atom stereocenters. The van der Waals surface area contributed by atoms with Crippen molar-refractivity contribution in [2.24, 2.45) is 0 Å².